The second-order valence-electron chi connectivity index (χ2n) is 6.02. The van der Waals surface area contributed by atoms with Crippen LogP contribution in [0.25, 0.3) is 0 Å². The van der Waals surface area contributed by atoms with E-state index in [1.165, 1.54) is 48.5 Å². The quantitative estimate of drug-likeness (QED) is 0.587. The Balaban J connectivity index is 1.75. The Morgan fingerprint density at radius 2 is 1.57 bits per heavy atom. The van der Waals surface area contributed by atoms with E-state index in [1.54, 1.807) is 6.92 Å². The van der Waals surface area contributed by atoms with E-state index in [9.17, 15) is 22.8 Å². The highest BCUT2D eigenvalue weighted by atomic mass is 32.2. The van der Waals surface area contributed by atoms with Crippen LogP contribution in [0.1, 0.15) is 30.1 Å². The minimum atomic E-state index is -3.88. The molecule has 2 aromatic rings. The Hall–Kier alpha value is -3.20. The van der Waals surface area contributed by atoms with Crippen molar-refractivity contribution in [3.8, 4) is 0 Å². The molecule has 8 nitrogen and oxygen atoms in total. The van der Waals surface area contributed by atoms with Gasteiger partial charge in [0.15, 0.2) is 0 Å². The molecular formula is C19H18N2O6S. The van der Waals surface area contributed by atoms with Crippen molar-refractivity contribution in [3.05, 3.63) is 54.1 Å². The first-order chi connectivity index (χ1) is 13.3. The number of esters is 1. The van der Waals surface area contributed by atoms with Gasteiger partial charge < -0.3 is 4.74 Å². The van der Waals surface area contributed by atoms with E-state index in [4.69, 9.17) is 4.74 Å². The molecule has 0 unspecified atom stereocenters. The number of benzene rings is 2. The molecular weight excluding hydrogens is 384 g/mol. The van der Waals surface area contributed by atoms with Gasteiger partial charge in [0.25, 0.3) is 10.0 Å². The van der Waals surface area contributed by atoms with Crippen LogP contribution in [0.15, 0.2) is 53.4 Å². The van der Waals surface area contributed by atoms with Gasteiger partial charge in [-0.3, -0.25) is 19.2 Å². The molecule has 3 rings (SSSR count). The van der Waals surface area contributed by atoms with E-state index >= 15 is 0 Å². The Morgan fingerprint density at radius 1 is 1.00 bits per heavy atom. The lowest BCUT2D eigenvalue weighted by Gasteiger charge is -2.14. The molecule has 0 spiro atoms. The largest absolute Gasteiger partial charge is 0.462 e. The average molecular weight is 402 g/mol. The van der Waals surface area contributed by atoms with Crippen molar-refractivity contribution < 1.29 is 27.5 Å². The molecule has 28 heavy (non-hydrogen) atoms. The summed E-state index contributed by atoms with van der Waals surface area (Å²) in [5.41, 5.74) is 0.932. The zero-order chi connectivity index (χ0) is 20.3. The number of rotatable bonds is 6. The lowest BCUT2D eigenvalue weighted by Crippen LogP contribution is -2.28. The fourth-order valence-corrected chi connectivity index (χ4v) is 3.80. The molecule has 1 saturated heterocycles. The summed E-state index contributed by atoms with van der Waals surface area (Å²) in [5.74, 6) is -1.10. The fraction of sp³-hybridized carbons (Fsp3) is 0.211. The fourth-order valence-electron chi connectivity index (χ4n) is 2.74. The third kappa shape index (κ3) is 4.04. The van der Waals surface area contributed by atoms with Crippen molar-refractivity contribution in [2.75, 3.05) is 16.2 Å². The Morgan fingerprint density at radius 3 is 2.11 bits per heavy atom. The van der Waals surface area contributed by atoms with Crippen molar-refractivity contribution >= 4 is 39.2 Å². The van der Waals surface area contributed by atoms with Gasteiger partial charge in [-0.05, 0) is 55.5 Å². The molecule has 0 radical (unpaired) electrons. The molecule has 1 fully saturated rings. The summed E-state index contributed by atoms with van der Waals surface area (Å²) in [4.78, 5) is 36.2. The number of carbonyl (C=O) groups is 3. The molecule has 0 bridgehead atoms. The van der Waals surface area contributed by atoms with E-state index in [2.05, 4.69) is 4.72 Å². The molecule has 0 atom stereocenters. The van der Waals surface area contributed by atoms with Gasteiger partial charge in [-0.1, -0.05) is 0 Å². The average Bonchev–Trinajstić information content (AvgIpc) is 3.00. The molecule has 1 N–H and O–H groups in total. The van der Waals surface area contributed by atoms with Gasteiger partial charge in [-0.2, -0.15) is 0 Å². The van der Waals surface area contributed by atoms with Crippen LogP contribution < -0.4 is 9.62 Å². The molecule has 2 aromatic carbocycles. The topological polar surface area (TPSA) is 110 Å². The number of sulfonamides is 1. The second kappa shape index (κ2) is 7.81. The summed E-state index contributed by atoms with van der Waals surface area (Å²) in [6.45, 7) is 1.94. The predicted molar refractivity (Wildman–Crippen MR) is 101 cm³/mol. The first-order valence-electron chi connectivity index (χ1n) is 8.57. The summed E-state index contributed by atoms with van der Waals surface area (Å²) in [7, 11) is -3.88. The van der Waals surface area contributed by atoms with E-state index in [0.717, 1.165) is 4.90 Å². The number of amides is 2. The van der Waals surface area contributed by atoms with Gasteiger partial charge in [0.2, 0.25) is 11.8 Å². The molecule has 1 heterocycles. The summed E-state index contributed by atoms with van der Waals surface area (Å²) in [5, 5.41) is 0. The van der Waals surface area contributed by atoms with Gasteiger partial charge in [0.05, 0.1) is 22.8 Å². The number of ether oxygens (including phenoxy) is 1. The maximum Gasteiger partial charge on any atom is 0.338 e. The van der Waals surface area contributed by atoms with Crippen molar-refractivity contribution in [2.24, 2.45) is 0 Å². The SMILES string of the molecule is CCOC(=O)c1ccc(NS(=O)(=O)c2ccc(N3C(=O)CCC3=O)cc2)cc1. The molecule has 0 aromatic heterocycles. The Bertz CT molecular complexity index is 997. The van der Waals surface area contributed by atoms with E-state index in [-0.39, 0.29) is 41.8 Å². The third-order valence-corrected chi connectivity index (χ3v) is 5.50. The van der Waals surface area contributed by atoms with Crippen LogP contribution in [-0.4, -0.2) is 32.8 Å². The van der Waals surface area contributed by atoms with Crippen LogP contribution in [-0.2, 0) is 24.3 Å². The Kier molecular flexibility index (Phi) is 5.46. The van der Waals surface area contributed by atoms with E-state index in [0.29, 0.717) is 11.3 Å². The van der Waals surface area contributed by atoms with Crippen LogP contribution in [0.5, 0.6) is 0 Å². The highest BCUT2D eigenvalue weighted by Gasteiger charge is 2.30. The van der Waals surface area contributed by atoms with Crippen molar-refractivity contribution in [1.82, 2.24) is 0 Å². The minimum Gasteiger partial charge on any atom is -0.462 e. The van der Waals surface area contributed by atoms with Crippen LogP contribution in [0, 0.1) is 0 Å². The van der Waals surface area contributed by atoms with Crippen LogP contribution in [0.3, 0.4) is 0 Å². The smallest absolute Gasteiger partial charge is 0.338 e. The Labute approximate surface area is 162 Å². The number of nitrogens with one attached hydrogen (secondary N) is 1. The number of anilines is 2. The van der Waals surface area contributed by atoms with Gasteiger partial charge in [0.1, 0.15) is 0 Å². The zero-order valence-corrected chi connectivity index (χ0v) is 15.9. The molecule has 0 saturated carbocycles. The first-order valence-corrected chi connectivity index (χ1v) is 10.1. The number of nitrogens with zero attached hydrogens (tertiary/aromatic N) is 1. The summed E-state index contributed by atoms with van der Waals surface area (Å²) >= 11 is 0. The molecule has 0 aliphatic carbocycles. The third-order valence-electron chi connectivity index (χ3n) is 4.11. The minimum absolute atomic E-state index is 0.0233. The summed E-state index contributed by atoms with van der Waals surface area (Å²) < 4.78 is 32.4. The van der Waals surface area contributed by atoms with Gasteiger partial charge in [-0.25, -0.2) is 13.2 Å². The van der Waals surface area contributed by atoms with Crippen LogP contribution >= 0.6 is 0 Å². The monoisotopic (exact) mass is 402 g/mol. The highest BCUT2D eigenvalue weighted by molar-refractivity contribution is 7.92. The maximum absolute atomic E-state index is 12.5. The van der Waals surface area contributed by atoms with E-state index in [1.807, 2.05) is 0 Å². The number of hydrogen-bond donors (Lipinski definition) is 1. The normalized spacial score (nSPS) is 14.2. The van der Waals surface area contributed by atoms with Gasteiger partial charge >= 0.3 is 5.97 Å². The lowest BCUT2D eigenvalue weighted by atomic mass is 10.2. The predicted octanol–water partition coefficient (Wildman–Crippen LogP) is 2.32. The standard InChI is InChI=1S/C19H18N2O6S/c1-2-27-19(24)13-3-5-14(6-4-13)20-28(25,26)16-9-7-15(8-10-16)21-17(22)11-12-18(21)23/h3-10,20H,2,11-12H2,1H3. The summed E-state index contributed by atoms with van der Waals surface area (Å²) in [6.07, 6.45) is 0.310. The number of carbonyl (C=O) groups excluding carboxylic acids is 3. The molecule has 9 heteroatoms. The summed E-state index contributed by atoms with van der Waals surface area (Å²) in [6, 6.07) is 11.3. The molecule has 2 amide bonds. The van der Waals surface area contributed by atoms with E-state index < -0.39 is 16.0 Å². The number of hydrogen-bond acceptors (Lipinski definition) is 6. The maximum atomic E-state index is 12.5. The zero-order valence-electron chi connectivity index (χ0n) is 15.0. The van der Waals surface area contributed by atoms with Crippen molar-refractivity contribution in [2.45, 2.75) is 24.7 Å². The molecule has 1 aliphatic rings. The molecule has 1 aliphatic heterocycles. The van der Waals surface area contributed by atoms with Crippen LogP contribution in [0.4, 0.5) is 11.4 Å². The molecule has 146 valence electrons. The van der Waals surface area contributed by atoms with Crippen LogP contribution in [0.2, 0.25) is 0 Å². The van der Waals surface area contributed by atoms with Crippen molar-refractivity contribution in [3.63, 3.8) is 0 Å². The second-order valence-corrected chi connectivity index (χ2v) is 7.70. The lowest BCUT2D eigenvalue weighted by molar-refractivity contribution is -0.121. The van der Waals surface area contributed by atoms with Gasteiger partial charge in [0, 0.05) is 18.5 Å². The number of imide groups is 1. The first kappa shape index (κ1) is 19.6. The van der Waals surface area contributed by atoms with Crippen molar-refractivity contribution in [1.29, 1.82) is 0 Å². The highest BCUT2D eigenvalue weighted by Crippen LogP contribution is 2.25. The van der Waals surface area contributed by atoms with Gasteiger partial charge in [-0.15, -0.1) is 0 Å².